The highest BCUT2D eigenvalue weighted by Gasteiger charge is 2.41. The van der Waals surface area contributed by atoms with Crippen molar-refractivity contribution in [2.45, 2.75) is 129 Å². The van der Waals surface area contributed by atoms with Crippen LogP contribution < -0.4 is 4.90 Å². The Bertz CT molecular complexity index is 1780. The quantitative estimate of drug-likeness (QED) is 0.216. The van der Waals surface area contributed by atoms with Gasteiger partial charge in [-0.3, -0.25) is 0 Å². The van der Waals surface area contributed by atoms with Crippen LogP contribution in [0.4, 0.5) is 17.1 Å². The van der Waals surface area contributed by atoms with Gasteiger partial charge in [-0.1, -0.05) is 130 Å². The van der Waals surface area contributed by atoms with Crippen molar-refractivity contribution in [1.82, 2.24) is 0 Å². The van der Waals surface area contributed by atoms with E-state index in [2.05, 4.69) is 160 Å². The maximum Gasteiger partial charge on any atom is 0.0543 e. The third-order valence-electron chi connectivity index (χ3n) is 11.4. The first-order valence-electron chi connectivity index (χ1n) is 17.3. The minimum atomic E-state index is -0.0443. The van der Waals surface area contributed by atoms with Crippen molar-refractivity contribution in [3.05, 3.63) is 112 Å². The van der Waals surface area contributed by atoms with Crippen LogP contribution >= 0.6 is 11.6 Å². The number of nitrogens with zero attached hydrogens (tertiary/aromatic N) is 1. The molecule has 242 valence electrons. The molecule has 0 aliphatic heterocycles. The summed E-state index contributed by atoms with van der Waals surface area (Å²) in [5, 5.41) is 0.771. The zero-order valence-corrected chi connectivity index (χ0v) is 30.9. The molecule has 46 heavy (non-hydrogen) atoms. The monoisotopic (exact) mass is 631 g/mol. The van der Waals surface area contributed by atoms with Gasteiger partial charge in [0, 0.05) is 22.0 Å². The standard InChI is InChI=1S/C44H54ClN/c1-40(2,3)30-25-31(45)27-33(26-30)46(32-17-18-34-36(28-32)43(8,9)22-21-41(34,4)5)37-20-19-35-39(38(37)29-15-13-12-14-16-29)44(10,11)24-23-42(35,6)7/h12-20,25-28H,21-24H2,1-11H3. The van der Waals surface area contributed by atoms with Crippen molar-refractivity contribution >= 4 is 28.7 Å². The van der Waals surface area contributed by atoms with Crippen LogP contribution in [0, 0.1) is 0 Å². The molecule has 0 N–H and O–H groups in total. The first-order chi connectivity index (χ1) is 21.3. The lowest BCUT2D eigenvalue weighted by Gasteiger charge is -2.45. The molecular weight excluding hydrogens is 578 g/mol. The molecule has 0 saturated carbocycles. The summed E-state index contributed by atoms with van der Waals surface area (Å²) in [7, 11) is 0. The second-order valence-corrected chi connectivity index (χ2v) is 18.2. The minimum Gasteiger partial charge on any atom is -0.310 e. The number of rotatable bonds is 4. The van der Waals surface area contributed by atoms with Crippen LogP contribution in [0.15, 0.2) is 78.9 Å². The normalized spacial score (nSPS) is 19.2. The lowest BCUT2D eigenvalue weighted by Crippen LogP contribution is -2.35. The lowest BCUT2D eigenvalue weighted by atomic mass is 9.61. The van der Waals surface area contributed by atoms with Gasteiger partial charge in [-0.05, 0) is 123 Å². The maximum absolute atomic E-state index is 7.00. The largest absolute Gasteiger partial charge is 0.310 e. The fourth-order valence-electron chi connectivity index (χ4n) is 8.11. The molecule has 0 heterocycles. The number of hydrogen-bond donors (Lipinski definition) is 0. The predicted molar refractivity (Wildman–Crippen MR) is 201 cm³/mol. The minimum absolute atomic E-state index is 0.0322. The van der Waals surface area contributed by atoms with Crippen molar-refractivity contribution in [2.75, 3.05) is 4.90 Å². The van der Waals surface area contributed by atoms with Gasteiger partial charge in [-0.2, -0.15) is 0 Å². The lowest BCUT2D eigenvalue weighted by molar-refractivity contribution is 0.332. The van der Waals surface area contributed by atoms with E-state index in [-0.39, 0.29) is 27.1 Å². The van der Waals surface area contributed by atoms with E-state index in [0.29, 0.717) is 0 Å². The molecule has 1 nitrogen and oxygen atoms in total. The van der Waals surface area contributed by atoms with Crippen LogP contribution in [-0.4, -0.2) is 0 Å². The molecular formula is C44H54ClN. The first kappa shape index (κ1) is 32.9. The number of halogens is 1. The number of benzene rings is 4. The van der Waals surface area contributed by atoms with Crippen LogP contribution in [0.25, 0.3) is 11.1 Å². The molecule has 0 spiro atoms. The summed E-state index contributed by atoms with van der Waals surface area (Å²) < 4.78 is 0. The Morgan fingerprint density at radius 1 is 0.565 bits per heavy atom. The van der Waals surface area contributed by atoms with E-state index in [9.17, 15) is 0 Å². The van der Waals surface area contributed by atoms with Crippen LogP contribution in [0.5, 0.6) is 0 Å². The zero-order valence-electron chi connectivity index (χ0n) is 30.2. The molecule has 4 aromatic rings. The van der Waals surface area contributed by atoms with Crippen molar-refractivity contribution in [1.29, 1.82) is 0 Å². The van der Waals surface area contributed by atoms with Crippen LogP contribution in [0.1, 0.15) is 130 Å². The van der Waals surface area contributed by atoms with E-state index in [1.54, 1.807) is 0 Å². The summed E-state index contributed by atoms with van der Waals surface area (Å²) in [5.41, 5.74) is 13.6. The predicted octanol–water partition coefficient (Wildman–Crippen LogP) is 13.5. The summed E-state index contributed by atoms with van der Waals surface area (Å²) in [6.07, 6.45) is 4.72. The molecule has 2 heteroatoms. The topological polar surface area (TPSA) is 3.24 Å². The summed E-state index contributed by atoms with van der Waals surface area (Å²) in [6.45, 7) is 26.2. The van der Waals surface area contributed by atoms with E-state index < -0.39 is 0 Å². The molecule has 0 unspecified atom stereocenters. The molecule has 0 aromatic heterocycles. The van der Waals surface area contributed by atoms with E-state index in [4.69, 9.17) is 11.6 Å². The second-order valence-electron chi connectivity index (χ2n) is 17.8. The number of fused-ring (bicyclic) bond motifs is 2. The second kappa shape index (κ2) is 11.0. The van der Waals surface area contributed by atoms with Crippen LogP contribution in [-0.2, 0) is 27.1 Å². The SMILES string of the molecule is CC(C)(C)c1cc(Cl)cc(N(c2ccc3c(c2)C(C)(C)CCC3(C)C)c2ccc3c(c2-c2ccccc2)C(C)(C)CCC3(C)C)c1. The molecule has 0 radical (unpaired) electrons. The zero-order chi connectivity index (χ0) is 33.4. The Balaban J connectivity index is 1.73. The molecule has 0 saturated heterocycles. The fraction of sp³-hybridized carbons (Fsp3) is 0.455. The highest BCUT2D eigenvalue weighted by molar-refractivity contribution is 6.31. The van der Waals surface area contributed by atoms with Crippen molar-refractivity contribution in [2.24, 2.45) is 0 Å². The highest BCUT2D eigenvalue weighted by Crippen LogP contribution is 2.55. The van der Waals surface area contributed by atoms with Crippen LogP contribution in [0.2, 0.25) is 5.02 Å². The van der Waals surface area contributed by atoms with Gasteiger partial charge in [0.25, 0.3) is 0 Å². The summed E-state index contributed by atoms with van der Waals surface area (Å²) >= 11 is 7.00. The Labute approximate surface area is 284 Å². The molecule has 0 fully saturated rings. The molecule has 0 amide bonds. The van der Waals surface area contributed by atoms with Gasteiger partial charge in [-0.15, -0.1) is 0 Å². The van der Waals surface area contributed by atoms with E-state index in [1.165, 1.54) is 69.6 Å². The van der Waals surface area contributed by atoms with Gasteiger partial charge in [-0.25, -0.2) is 0 Å². The Morgan fingerprint density at radius 2 is 1.13 bits per heavy atom. The molecule has 0 bridgehead atoms. The Morgan fingerprint density at radius 3 is 1.76 bits per heavy atom. The van der Waals surface area contributed by atoms with E-state index in [1.807, 2.05) is 0 Å². The summed E-state index contributed by atoms with van der Waals surface area (Å²) in [6, 6.07) is 29.9. The van der Waals surface area contributed by atoms with Crippen molar-refractivity contribution in [3.8, 4) is 11.1 Å². The average Bonchev–Trinajstić information content (AvgIpc) is 2.98. The van der Waals surface area contributed by atoms with Gasteiger partial charge in [0.15, 0.2) is 0 Å². The van der Waals surface area contributed by atoms with E-state index >= 15 is 0 Å². The van der Waals surface area contributed by atoms with E-state index in [0.717, 1.165) is 17.1 Å². The molecule has 2 aliphatic rings. The van der Waals surface area contributed by atoms with Crippen molar-refractivity contribution in [3.63, 3.8) is 0 Å². The highest BCUT2D eigenvalue weighted by atomic mass is 35.5. The van der Waals surface area contributed by atoms with Crippen LogP contribution in [0.3, 0.4) is 0 Å². The molecule has 4 aromatic carbocycles. The third-order valence-corrected chi connectivity index (χ3v) is 11.6. The smallest absolute Gasteiger partial charge is 0.0543 e. The molecule has 6 rings (SSSR count). The fourth-order valence-corrected chi connectivity index (χ4v) is 8.34. The molecule has 2 aliphatic carbocycles. The van der Waals surface area contributed by atoms with Gasteiger partial charge in [0.2, 0.25) is 0 Å². The van der Waals surface area contributed by atoms with Gasteiger partial charge >= 0.3 is 0 Å². The average molecular weight is 632 g/mol. The summed E-state index contributed by atoms with van der Waals surface area (Å²) in [4.78, 5) is 2.51. The van der Waals surface area contributed by atoms with Gasteiger partial charge in [0.1, 0.15) is 0 Å². The Kier molecular flexibility index (Phi) is 7.88. The molecule has 0 atom stereocenters. The van der Waals surface area contributed by atoms with Gasteiger partial charge in [0.05, 0.1) is 5.69 Å². The Hall–Kier alpha value is -3.03. The summed E-state index contributed by atoms with van der Waals surface area (Å²) in [5.74, 6) is 0. The number of hydrogen-bond acceptors (Lipinski definition) is 1. The maximum atomic E-state index is 7.00. The third kappa shape index (κ3) is 5.72. The number of anilines is 3. The van der Waals surface area contributed by atoms with Gasteiger partial charge < -0.3 is 4.90 Å². The first-order valence-corrected chi connectivity index (χ1v) is 17.7. The van der Waals surface area contributed by atoms with Crippen molar-refractivity contribution < 1.29 is 0 Å².